The van der Waals surface area contributed by atoms with Crippen molar-refractivity contribution in [1.82, 2.24) is 5.32 Å². The topological polar surface area (TPSA) is 75.6 Å². The standard InChI is InChI=1S/C15H21NO4/c17-14(18)9-5-2-6-11-16-15(19)20-12-10-13-7-3-1-4-8-13/h1,3-4,7-8H,2,5-6,9-12H2,(H,16,19)(H,17,18). The van der Waals surface area contributed by atoms with Gasteiger partial charge in [0.1, 0.15) is 0 Å². The van der Waals surface area contributed by atoms with Crippen LogP contribution in [-0.2, 0) is 16.0 Å². The van der Waals surface area contributed by atoms with Gasteiger partial charge in [-0.25, -0.2) is 4.79 Å². The maximum absolute atomic E-state index is 11.3. The molecule has 0 saturated heterocycles. The molecule has 110 valence electrons. The van der Waals surface area contributed by atoms with Crippen LogP contribution in [0.2, 0.25) is 0 Å². The van der Waals surface area contributed by atoms with Crippen LogP contribution in [-0.4, -0.2) is 30.3 Å². The van der Waals surface area contributed by atoms with E-state index in [-0.39, 0.29) is 6.42 Å². The van der Waals surface area contributed by atoms with E-state index in [0.29, 0.717) is 26.0 Å². The van der Waals surface area contributed by atoms with Crippen LogP contribution in [0.1, 0.15) is 31.2 Å². The first-order valence-electron chi connectivity index (χ1n) is 6.85. The zero-order chi connectivity index (χ0) is 14.6. The highest BCUT2D eigenvalue weighted by molar-refractivity contribution is 5.67. The lowest BCUT2D eigenvalue weighted by molar-refractivity contribution is -0.137. The van der Waals surface area contributed by atoms with E-state index in [1.165, 1.54) is 0 Å². The first-order valence-corrected chi connectivity index (χ1v) is 6.85. The second-order valence-corrected chi connectivity index (χ2v) is 4.50. The summed E-state index contributed by atoms with van der Waals surface area (Å²) in [6.07, 6.45) is 2.66. The molecule has 0 unspecified atom stereocenters. The van der Waals surface area contributed by atoms with Crippen molar-refractivity contribution < 1.29 is 19.4 Å². The summed E-state index contributed by atoms with van der Waals surface area (Å²) in [5.74, 6) is -0.779. The molecule has 1 amide bonds. The van der Waals surface area contributed by atoms with Crippen molar-refractivity contribution in [3.8, 4) is 0 Å². The molecule has 1 aromatic carbocycles. The Kier molecular flexibility index (Phi) is 7.87. The molecule has 1 aromatic rings. The highest BCUT2D eigenvalue weighted by Crippen LogP contribution is 2.00. The minimum absolute atomic E-state index is 0.182. The van der Waals surface area contributed by atoms with E-state index < -0.39 is 12.1 Å². The lowest BCUT2D eigenvalue weighted by Crippen LogP contribution is -2.26. The van der Waals surface area contributed by atoms with Gasteiger partial charge in [0.25, 0.3) is 0 Å². The molecule has 0 heterocycles. The summed E-state index contributed by atoms with van der Waals surface area (Å²) in [4.78, 5) is 21.6. The molecular weight excluding hydrogens is 258 g/mol. The Bertz CT molecular complexity index is 406. The fourth-order valence-corrected chi connectivity index (χ4v) is 1.73. The molecular formula is C15H21NO4. The van der Waals surface area contributed by atoms with Crippen LogP contribution in [0.3, 0.4) is 0 Å². The van der Waals surface area contributed by atoms with Crippen LogP contribution in [0, 0.1) is 0 Å². The molecule has 0 bridgehead atoms. The summed E-state index contributed by atoms with van der Waals surface area (Å²) in [5.41, 5.74) is 1.13. The number of nitrogens with one attached hydrogen (secondary N) is 1. The fraction of sp³-hybridized carbons (Fsp3) is 0.467. The molecule has 0 atom stereocenters. The molecule has 1 rings (SSSR count). The van der Waals surface area contributed by atoms with Crippen molar-refractivity contribution in [1.29, 1.82) is 0 Å². The Hall–Kier alpha value is -2.04. The van der Waals surface area contributed by atoms with Crippen molar-refractivity contribution in [3.63, 3.8) is 0 Å². The molecule has 0 aliphatic carbocycles. The Morgan fingerprint density at radius 3 is 2.55 bits per heavy atom. The van der Waals surface area contributed by atoms with Gasteiger partial charge in [-0.3, -0.25) is 4.79 Å². The Morgan fingerprint density at radius 2 is 1.85 bits per heavy atom. The Labute approximate surface area is 118 Å². The Balaban J connectivity index is 1.97. The monoisotopic (exact) mass is 279 g/mol. The number of carbonyl (C=O) groups is 2. The second kappa shape index (κ2) is 9.83. The fourth-order valence-electron chi connectivity index (χ4n) is 1.73. The highest BCUT2D eigenvalue weighted by atomic mass is 16.5. The normalized spacial score (nSPS) is 10.0. The van der Waals surface area contributed by atoms with Gasteiger partial charge in [0.05, 0.1) is 6.61 Å². The zero-order valence-electron chi connectivity index (χ0n) is 11.5. The maximum Gasteiger partial charge on any atom is 0.407 e. The summed E-state index contributed by atoms with van der Waals surface area (Å²) in [5, 5.41) is 11.1. The first kappa shape index (κ1) is 16.0. The lowest BCUT2D eigenvalue weighted by atomic mass is 10.2. The van der Waals surface area contributed by atoms with Gasteiger partial charge in [0.2, 0.25) is 0 Å². The van der Waals surface area contributed by atoms with Gasteiger partial charge >= 0.3 is 12.1 Å². The molecule has 5 nitrogen and oxygen atoms in total. The van der Waals surface area contributed by atoms with Crippen LogP contribution in [0.4, 0.5) is 4.79 Å². The van der Waals surface area contributed by atoms with Crippen molar-refractivity contribution in [2.75, 3.05) is 13.2 Å². The van der Waals surface area contributed by atoms with Gasteiger partial charge < -0.3 is 15.2 Å². The zero-order valence-corrected chi connectivity index (χ0v) is 11.5. The van der Waals surface area contributed by atoms with Gasteiger partial charge in [0.15, 0.2) is 0 Å². The number of amides is 1. The predicted octanol–water partition coefficient (Wildman–Crippen LogP) is 2.60. The average Bonchev–Trinajstić information content (AvgIpc) is 2.43. The van der Waals surface area contributed by atoms with Crippen molar-refractivity contribution in [3.05, 3.63) is 35.9 Å². The van der Waals surface area contributed by atoms with E-state index in [1.54, 1.807) is 0 Å². The van der Waals surface area contributed by atoms with E-state index in [4.69, 9.17) is 9.84 Å². The van der Waals surface area contributed by atoms with Crippen molar-refractivity contribution in [2.45, 2.75) is 32.1 Å². The quantitative estimate of drug-likeness (QED) is 0.681. The number of carbonyl (C=O) groups excluding carboxylic acids is 1. The number of carboxylic acid groups (broad SMARTS) is 1. The minimum Gasteiger partial charge on any atom is -0.481 e. The van der Waals surface area contributed by atoms with Gasteiger partial charge in [-0.05, 0) is 18.4 Å². The Morgan fingerprint density at radius 1 is 1.10 bits per heavy atom. The van der Waals surface area contributed by atoms with E-state index in [2.05, 4.69) is 5.32 Å². The van der Waals surface area contributed by atoms with E-state index in [9.17, 15) is 9.59 Å². The van der Waals surface area contributed by atoms with Crippen molar-refractivity contribution >= 4 is 12.1 Å². The van der Waals surface area contributed by atoms with Gasteiger partial charge in [-0.1, -0.05) is 36.8 Å². The number of carboxylic acids is 1. The highest BCUT2D eigenvalue weighted by Gasteiger charge is 2.01. The molecule has 0 spiro atoms. The number of aliphatic carboxylic acids is 1. The second-order valence-electron chi connectivity index (χ2n) is 4.50. The lowest BCUT2D eigenvalue weighted by Gasteiger charge is -2.06. The largest absolute Gasteiger partial charge is 0.481 e. The molecule has 0 fully saturated rings. The molecule has 0 saturated carbocycles. The summed E-state index contributed by atoms with van der Waals surface area (Å²) in [7, 11) is 0. The number of benzene rings is 1. The van der Waals surface area contributed by atoms with Crippen LogP contribution in [0.15, 0.2) is 30.3 Å². The van der Waals surface area contributed by atoms with E-state index in [0.717, 1.165) is 18.4 Å². The molecule has 0 aliphatic heterocycles. The molecule has 0 radical (unpaired) electrons. The SMILES string of the molecule is O=C(O)CCCCCNC(=O)OCCc1ccccc1. The number of hydrogen-bond acceptors (Lipinski definition) is 3. The van der Waals surface area contributed by atoms with Gasteiger partial charge in [-0.15, -0.1) is 0 Å². The van der Waals surface area contributed by atoms with Crippen molar-refractivity contribution in [2.24, 2.45) is 0 Å². The molecule has 0 aromatic heterocycles. The average molecular weight is 279 g/mol. The number of ether oxygens (including phenoxy) is 1. The van der Waals surface area contributed by atoms with E-state index >= 15 is 0 Å². The van der Waals surface area contributed by atoms with Crippen LogP contribution < -0.4 is 5.32 Å². The number of unbranched alkanes of at least 4 members (excludes halogenated alkanes) is 2. The van der Waals surface area contributed by atoms with Crippen LogP contribution in [0.5, 0.6) is 0 Å². The number of hydrogen-bond donors (Lipinski definition) is 2. The summed E-state index contributed by atoms with van der Waals surface area (Å²) >= 11 is 0. The third kappa shape index (κ3) is 8.13. The predicted molar refractivity (Wildman–Crippen MR) is 75.6 cm³/mol. The molecule has 0 aliphatic rings. The van der Waals surface area contributed by atoms with E-state index in [1.807, 2.05) is 30.3 Å². The van der Waals surface area contributed by atoms with Crippen LogP contribution >= 0.6 is 0 Å². The summed E-state index contributed by atoms with van der Waals surface area (Å²) in [6.45, 7) is 0.874. The molecule has 5 heteroatoms. The summed E-state index contributed by atoms with van der Waals surface area (Å²) in [6, 6.07) is 9.83. The third-order valence-corrected chi connectivity index (χ3v) is 2.80. The smallest absolute Gasteiger partial charge is 0.407 e. The third-order valence-electron chi connectivity index (χ3n) is 2.80. The minimum atomic E-state index is -0.779. The molecule has 2 N–H and O–H groups in total. The number of rotatable bonds is 9. The number of alkyl carbamates (subject to hydrolysis) is 1. The summed E-state index contributed by atoms with van der Waals surface area (Å²) < 4.78 is 5.05. The molecule has 20 heavy (non-hydrogen) atoms. The maximum atomic E-state index is 11.3. The van der Waals surface area contributed by atoms with Gasteiger partial charge in [-0.2, -0.15) is 0 Å². The van der Waals surface area contributed by atoms with Crippen LogP contribution in [0.25, 0.3) is 0 Å². The van der Waals surface area contributed by atoms with Gasteiger partial charge in [0, 0.05) is 19.4 Å². The first-order chi connectivity index (χ1) is 9.68.